The van der Waals surface area contributed by atoms with Gasteiger partial charge in [0.25, 0.3) is 0 Å². The lowest BCUT2D eigenvalue weighted by Gasteiger charge is -2.26. The molecule has 0 bridgehead atoms. The van der Waals surface area contributed by atoms with E-state index in [0.29, 0.717) is 35.7 Å². The number of ether oxygens (including phenoxy) is 3. The Morgan fingerprint density at radius 1 is 1.03 bits per heavy atom. The van der Waals surface area contributed by atoms with E-state index in [2.05, 4.69) is 10.3 Å². The van der Waals surface area contributed by atoms with Crippen molar-refractivity contribution in [1.29, 1.82) is 0 Å². The van der Waals surface area contributed by atoms with Gasteiger partial charge in [0.1, 0.15) is 35.7 Å². The topological polar surface area (TPSA) is 69.0 Å². The smallest absolute Gasteiger partial charge is 0.174 e. The Morgan fingerprint density at radius 3 is 2.58 bits per heavy atom. The zero-order chi connectivity index (χ0) is 26.5. The van der Waals surface area contributed by atoms with E-state index in [4.69, 9.17) is 42.4 Å². The van der Waals surface area contributed by atoms with Crippen LogP contribution in [0.15, 0.2) is 83.4 Å². The molecule has 0 radical (unpaired) electrons. The molecule has 0 unspecified atom stereocenters. The van der Waals surface area contributed by atoms with Gasteiger partial charge in [0, 0.05) is 24.6 Å². The molecule has 7 nitrogen and oxygen atoms in total. The largest absolute Gasteiger partial charge is 0.494 e. The fraction of sp³-hybridized carbons (Fsp3) is 0.241. The quantitative estimate of drug-likeness (QED) is 0.175. The van der Waals surface area contributed by atoms with Crippen molar-refractivity contribution in [2.24, 2.45) is 0 Å². The molecule has 1 saturated heterocycles. The van der Waals surface area contributed by atoms with Gasteiger partial charge < -0.3 is 28.8 Å². The maximum Gasteiger partial charge on any atom is 0.174 e. The molecule has 1 aliphatic rings. The molecule has 2 atom stereocenters. The Morgan fingerprint density at radius 2 is 1.87 bits per heavy atom. The van der Waals surface area contributed by atoms with Gasteiger partial charge in [-0.3, -0.25) is 4.98 Å². The molecule has 0 aliphatic carbocycles. The van der Waals surface area contributed by atoms with Crippen LogP contribution in [0.2, 0.25) is 5.02 Å². The molecule has 1 N–H and O–H groups in total. The molecule has 2 aromatic carbocycles. The predicted molar refractivity (Wildman–Crippen MR) is 152 cm³/mol. The van der Waals surface area contributed by atoms with Crippen molar-refractivity contribution in [3.05, 3.63) is 95.5 Å². The number of halogens is 1. The highest BCUT2D eigenvalue weighted by Gasteiger charge is 2.42. The van der Waals surface area contributed by atoms with Crippen LogP contribution >= 0.6 is 23.8 Å². The Balaban J connectivity index is 1.50. The standard InChI is InChI=1S/C29H28ClN3O4S/c1-3-35-21-10-7-19(8-11-21)24-13-14-26(37-24)28-27(23-6-4-5-15-31-23)32-29(38)33(28)20-9-12-25(22(30)18-20)36-17-16-34-2/h4-15,18,27-28H,3,16-17H2,1-2H3,(H,32,38)/t27-,28+/m1/s1. The first kappa shape index (κ1) is 26.0. The fourth-order valence-electron chi connectivity index (χ4n) is 4.46. The summed E-state index contributed by atoms with van der Waals surface area (Å²) in [5.74, 6) is 2.90. The van der Waals surface area contributed by atoms with Crippen LogP contribution in [0.1, 0.15) is 30.5 Å². The lowest BCUT2D eigenvalue weighted by Crippen LogP contribution is -2.29. The normalized spacial score (nSPS) is 16.9. The van der Waals surface area contributed by atoms with E-state index >= 15 is 0 Å². The number of nitrogens with zero attached hydrogens (tertiary/aromatic N) is 2. The third-order valence-corrected chi connectivity index (χ3v) is 6.81. The zero-order valence-electron chi connectivity index (χ0n) is 21.1. The first-order valence-electron chi connectivity index (χ1n) is 12.3. The summed E-state index contributed by atoms with van der Waals surface area (Å²) in [5, 5.41) is 4.47. The number of aromatic nitrogens is 1. The molecule has 196 valence electrons. The molecular formula is C29H28ClN3O4S. The van der Waals surface area contributed by atoms with Gasteiger partial charge in [-0.15, -0.1) is 0 Å². The van der Waals surface area contributed by atoms with E-state index in [0.717, 1.165) is 34.2 Å². The molecule has 5 rings (SSSR count). The molecule has 2 aromatic heterocycles. The predicted octanol–water partition coefficient (Wildman–Crippen LogP) is 6.60. The number of pyridine rings is 1. The highest BCUT2D eigenvalue weighted by Crippen LogP contribution is 2.44. The molecule has 9 heteroatoms. The van der Waals surface area contributed by atoms with E-state index in [1.54, 1.807) is 13.3 Å². The Labute approximate surface area is 232 Å². The van der Waals surface area contributed by atoms with Crippen molar-refractivity contribution in [3.63, 3.8) is 0 Å². The van der Waals surface area contributed by atoms with Crippen LogP contribution in [0.4, 0.5) is 5.69 Å². The third-order valence-electron chi connectivity index (χ3n) is 6.20. The van der Waals surface area contributed by atoms with Crippen LogP contribution < -0.4 is 19.7 Å². The summed E-state index contributed by atoms with van der Waals surface area (Å²) in [6, 6.07) is 22.7. The number of benzene rings is 2. The maximum absolute atomic E-state index is 6.60. The summed E-state index contributed by atoms with van der Waals surface area (Å²) in [6.45, 7) is 3.46. The molecule has 0 spiro atoms. The number of furan rings is 1. The fourth-order valence-corrected chi connectivity index (χ4v) is 5.04. The molecule has 1 aliphatic heterocycles. The Hall–Kier alpha value is -3.59. The van der Waals surface area contributed by atoms with Gasteiger partial charge >= 0.3 is 0 Å². The van der Waals surface area contributed by atoms with Crippen LogP contribution in [0.25, 0.3) is 11.3 Å². The van der Waals surface area contributed by atoms with Crippen LogP contribution in [-0.4, -0.2) is 37.0 Å². The number of hydrogen-bond acceptors (Lipinski definition) is 6. The van der Waals surface area contributed by atoms with Gasteiger partial charge in [0.2, 0.25) is 0 Å². The van der Waals surface area contributed by atoms with Crippen LogP contribution in [-0.2, 0) is 4.74 Å². The van der Waals surface area contributed by atoms with Gasteiger partial charge in [-0.1, -0.05) is 17.7 Å². The van der Waals surface area contributed by atoms with Crippen LogP contribution in [0.5, 0.6) is 11.5 Å². The molecule has 38 heavy (non-hydrogen) atoms. The van der Waals surface area contributed by atoms with Gasteiger partial charge in [0.15, 0.2) is 5.11 Å². The summed E-state index contributed by atoms with van der Waals surface area (Å²) in [5.41, 5.74) is 2.62. The first-order valence-corrected chi connectivity index (χ1v) is 13.1. The lowest BCUT2D eigenvalue weighted by atomic mass is 10.0. The van der Waals surface area contributed by atoms with E-state index < -0.39 is 0 Å². The number of rotatable bonds is 10. The lowest BCUT2D eigenvalue weighted by molar-refractivity contribution is 0.146. The molecule has 0 saturated carbocycles. The average Bonchev–Trinajstić information content (AvgIpc) is 3.55. The summed E-state index contributed by atoms with van der Waals surface area (Å²) in [6.07, 6.45) is 1.77. The minimum atomic E-state index is -0.301. The molecule has 4 aromatic rings. The summed E-state index contributed by atoms with van der Waals surface area (Å²) >= 11 is 12.4. The van der Waals surface area contributed by atoms with Crippen molar-refractivity contribution in [2.75, 3.05) is 31.8 Å². The average molecular weight is 550 g/mol. The monoisotopic (exact) mass is 549 g/mol. The van der Waals surface area contributed by atoms with Crippen molar-refractivity contribution < 1.29 is 18.6 Å². The molecule has 1 fully saturated rings. The Kier molecular flexibility index (Phi) is 8.12. The van der Waals surface area contributed by atoms with E-state index in [9.17, 15) is 0 Å². The molecular weight excluding hydrogens is 522 g/mol. The highest BCUT2D eigenvalue weighted by molar-refractivity contribution is 7.80. The summed E-state index contributed by atoms with van der Waals surface area (Å²) in [7, 11) is 1.63. The van der Waals surface area contributed by atoms with Crippen LogP contribution in [0.3, 0.4) is 0 Å². The molecule has 3 heterocycles. The molecule has 0 amide bonds. The van der Waals surface area contributed by atoms with Crippen molar-refractivity contribution in [2.45, 2.75) is 19.0 Å². The number of methoxy groups -OCH3 is 1. The van der Waals surface area contributed by atoms with Crippen molar-refractivity contribution in [1.82, 2.24) is 10.3 Å². The number of thiocarbonyl (C=S) groups is 1. The van der Waals surface area contributed by atoms with E-state index in [-0.39, 0.29) is 12.1 Å². The van der Waals surface area contributed by atoms with Gasteiger partial charge in [-0.2, -0.15) is 0 Å². The highest BCUT2D eigenvalue weighted by atomic mass is 35.5. The summed E-state index contributed by atoms with van der Waals surface area (Å²) in [4.78, 5) is 6.62. The van der Waals surface area contributed by atoms with E-state index in [1.807, 2.05) is 84.6 Å². The first-order chi connectivity index (χ1) is 18.6. The zero-order valence-corrected chi connectivity index (χ0v) is 22.7. The number of hydrogen-bond donors (Lipinski definition) is 1. The van der Waals surface area contributed by atoms with Crippen LogP contribution in [0, 0.1) is 0 Å². The van der Waals surface area contributed by atoms with Gasteiger partial charge in [-0.25, -0.2) is 0 Å². The maximum atomic E-state index is 6.60. The summed E-state index contributed by atoms with van der Waals surface area (Å²) < 4.78 is 22.8. The second kappa shape index (κ2) is 11.9. The van der Waals surface area contributed by atoms with Gasteiger partial charge in [0.05, 0.1) is 30.0 Å². The van der Waals surface area contributed by atoms with E-state index in [1.165, 1.54) is 0 Å². The minimum Gasteiger partial charge on any atom is -0.494 e. The minimum absolute atomic E-state index is 0.237. The number of nitrogens with one attached hydrogen (secondary N) is 1. The number of anilines is 1. The Bertz CT molecular complexity index is 1380. The SMILES string of the molecule is CCOc1ccc(-c2ccc([C@H]3[C@@H](c4ccccn4)NC(=S)N3c3ccc(OCCOC)c(Cl)c3)o2)cc1. The second-order valence-corrected chi connectivity index (χ2v) is 9.41. The van der Waals surface area contributed by atoms with Crippen molar-refractivity contribution >= 4 is 34.6 Å². The second-order valence-electron chi connectivity index (χ2n) is 8.61. The van der Waals surface area contributed by atoms with Gasteiger partial charge in [-0.05, 0) is 85.9 Å². The third kappa shape index (κ3) is 5.48. The van der Waals surface area contributed by atoms with Crippen molar-refractivity contribution in [3.8, 4) is 22.8 Å².